The molecule has 1 N–H and O–H groups in total. The summed E-state index contributed by atoms with van der Waals surface area (Å²) >= 11 is 0. The highest BCUT2D eigenvalue weighted by atomic mass is 19.1. The summed E-state index contributed by atoms with van der Waals surface area (Å²) in [6.45, 7) is 7.01. The molecule has 0 aliphatic carbocycles. The Morgan fingerprint density at radius 2 is 1.79 bits per heavy atom. The fourth-order valence-corrected chi connectivity index (χ4v) is 1.94. The molecule has 1 rings (SSSR count). The molecule has 4 heteroatoms. The molecule has 0 unspecified atom stereocenters. The lowest BCUT2D eigenvalue weighted by atomic mass is 10.1. The molecule has 0 bridgehead atoms. The number of halogens is 1. The highest BCUT2D eigenvalue weighted by molar-refractivity contribution is 5.76. The zero-order valence-electron chi connectivity index (χ0n) is 11.8. The van der Waals surface area contributed by atoms with Crippen molar-refractivity contribution in [2.24, 2.45) is 0 Å². The molecule has 0 radical (unpaired) electrons. The second-order valence-corrected chi connectivity index (χ2v) is 4.44. The number of hydrogen-bond donors (Lipinski definition) is 1. The number of hydrogen-bond acceptors (Lipinski definition) is 2. The molecular weight excluding hydrogens is 243 g/mol. The maximum atomic E-state index is 12.7. The van der Waals surface area contributed by atoms with E-state index in [1.165, 1.54) is 12.1 Å². The van der Waals surface area contributed by atoms with Gasteiger partial charge < -0.3 is 10.2 Å². The third-order valence-corrected chi connectivity index (χ3v) is 3.14. The van der Waals surface area contributed by atoms with E-state index in [0.29, 0.717) is 13.0 Å². The summed E-state index contributed by atoms with van der Waals surface area (Å²) in [5, 5.41) is 3.24. The zero-order valence-corrected chi connectivity index (χ0v) is 11.8. The molecule has 19 heavy (non-hydrogen) atoms. The van der Waals surface area contributed by atoms with Gasteiger partial charge in [0.05, 0.1) is 0 Å². The van der Waals surface area contributed by atoms with Gasteiger partial charge in [-0.25, -0.2) is 4.39 Å². The van der Waals surface area contributed by atoms with Crippen LogP contribution in [0.15, 0.2) is 24.3 Å². The van der Waals surface area contributed by atoms with E-state index in [-0.39, 0.29) is 11.7 Å². The summed E-state index contributed by atoms with van der Waals surface area (Å²) < 4.78 is 12.7. The van der Waals surface area contributed by atoms with Crippen molar-refractivity contribution >= 4 is 5.91 Å². The molecule has 1 aromatic carbocycles. The van der Waals surface area contributed by atoms with Crippen molar-refractivity contribution in [1.29, 1.82) is 0 Å². The van der Waals surface area contributed by atoms with Crippen LogP contribution in [0.25, 0.3) is 0 Å². The largest absolute Gasteiger partial charge is 0.343 e. The van der Waals surface area contributed by atoms with Gasteiger partial charge in [0.15, 0.2) is 0 Å². The Labute approximate surface area is 114 Å². The van der Waals surface area contributed by atoms with Crippen LogP contribution in [0.3, 0.4) is 0 Å². The van der Waals surface area contributed by atoms with Crippen LogP contribution in [0, 0.1) is 5.82 Å². The summed E-state index contributed by atoms with van der Waals surface area (Å²) in [7, 11) is 0. The van der Waals surface area contributed by atoms with Crippen molar-refractivity contribution in [3.05, 3.63) is 35.6 Å². The molecule has 0 heterocycles. The van der Waals surface area contributed by atoms with Crippen molar-refractivity contribution in [3.8, 4) is 0 Å². The van der Waals surface area contributed by atoms with Crippen LogP contribution < -0.4 is 5.32 Å². The molecule has 106 valence electrons. The van der Waals surface area contributed by atoms with E-state index in [2.05, 4.69) is 5.32 Å². The molecule has 1 amide bonds. The first-order valence-electron chi connectivity index (χ1n) is 6.90. The van der Waals surface area contributed by atoms with E-state index in [9.17, 15) is 9.18 Å². The van der Waals surface area contributed by atoms with Gasteiger partial charge in [-0.1, -0.05) is 12.1 Å². The van der Waals surface area contributed by atoms with Crippen molar-refractivity contribution in [2.45, 2.75) is 26.7 Å². The number of carbonyl (C=O) groups is 1. The van der Waals surface area contributed by atoms with E-state index in [1.807, 2.05) is 18.7 Å². The van der Waals surface area contributed by atoms with Gasteiger partial charge in [0.1, 0.15) is 5.82 Å². The Bertz CT molecular complexity index is 374. The normalized spacial score (nSPS) is 10.5. The highest BCUT2D eigenvalue weighted by Crippen LogP contribution is 2.02. The molecule has 1 aromatic rings. The van der Waals surface area contributed by atoms with Gasteiger partial charge in [0, 0.05) is 26.1 Å². The summed E-state index contributed by atoms with van der Waals surface area (Å²) in [5.41, 5.74) is 1.10. The first-order chi connectivity index (χ1) is 9.17. The Morgan fingerprint density at radius 1 is 1.16 bits per heavy atom. The van der Waals surface area contributed by atoms with Crippen LogP contribution >= 0.6 is 0 Å². The monoisotopic (exact) mass is 266 g/mol. The number of benzene rings is 1. The summed E-state index contributed by atoms with van der Waals surface area (Å²) in [4.78, 5) is 13.6. The Balaban J connectivity index is 2.14. The van der Waals surface area contributed by atoms with Gasteiger partial charge in [0.25, 0.3) is 0 Å². The number of nitrogens with zero attached hydrogens (tertiary/aromatic N) is 1. The molecule has 0 saturated carbocycles. The van der Waals surface area contributed by atoms with Crippen LogP contribution in [-0.4, -0.2) is 37.0 Å². The smallest absolute Gasteiger partial charge is 0.223 e. The second kappa shape index (κ2) is 8.64. The summed E-state index contributed by atoms with van der Waals surface area (Å²) in [6.07, 6.45) is 1.38. The topological polar surface area (TPSA) is 32.3 Å². The van der Waals surface area contributed by atoms with Crippen LogP contribution in [0.5, 0.6) is 0 Å². The van der Waals surface area contributed by atoms with E-state index >= 15 is 0 Å². The van der Waals surface area contributed by atoms with Gasteiger partial charge >= 0.3 is 0 Å². The molecule has 0 spiro atoms. The van der Waals surface area contributed by atoms with Crippen molar-refractivity contribution in [3.63, 3.8) is 0 Å². The number of amides is 1. The molecule has 0 atom stereocenters. The van der Waals surface area contributed by atoms with Crippen LogP contribution in [0.4, 0.5) is 4.39 Å². The van der Waals surface area contributed by atoms with Crippen LogP contribution in [0.1, 0.15) is 25.8 Å². The number of rotatable bonds is 8. The molecule has 0 fully saturated rings. The molecule has 0 aliphatic heterocycles. The minimum absolute atomic E-state index is 0.194. The predicted molar refractivity (Wildman–Crippen MR) is 75.5 cm³/mol. The van der Waals surface area contributed by atoms with E-state index in [4.69, 9.17) is 0 Å². The summed E-state index contributed by atoms with van der Waals surface area (Å²) in [6, 6.07) is 6.52. The van der Waals surface area contributed by atoms with Crippen LogP contribution in [0.2, 0.25) is 0 Å². The molecule has 0 aromatic heterocycles. The fraction of sp³-hybridized carbons (Fsp3) is 0.533. The average molecular weight is 266 g/mol. The highest BCUT2D eigenvalue weighted by Gasteiger charge is 2.07. The van der Waals surface area contributed by atoms with Crippen LogP contribution in [-0.2, 0) is 11.2 Å². The van der Waals surface area contributed by atoms with Gasteiger partial charge in [-0.15, -0.1) is 0 Å². The lowest BCUT2D eigenvalue weighted by molar-refractivity contribution is -0.130. The third-order valence-electron chi connectivity index (χ3n) is 3.14. The summed E-state index contributed by atoms with van der Waals surface area (Å²) in [5.74, 6) is -0.0131. The van der Waals surface area contributed by atoms with Gasteiger partial charge in [-0.2, -0.15) is 0 Å². The minimum atomic E-state index is -0.207. The van der Waals surface area contributed by atoms with Gasteiger partial charge in [-0.05, 0) is 44.5 Å². The van der Waals surface area contributed by atoms with Crippen molar-refractivity contribution in [2.75, 3.05) is 26.2 Å². The Kier molecular flexibility index (Phi) is 7.11. The van der Waals surface area contributed by atoms with Gasteiger partial charge in [0.2, 0.25) is 5.91 Å². The Hall–Kier alpha value is -1.42. The minimum Gasteiger partial charge on any atom is -0.343 e. The van der Waals surface area contributed by atoms with Crippen molar-refractivity contribution in [1.82, 2.24) is 10.2 Å². The maximum Gasteiger partial charge on any atom is 0.223 e. The number of nitrogens with one attached hydrogen (secondary N) is 1. The lowest BCUT2D eigenvalue weighted by Crippen LogP contribution is -2.33. The van der Waals surface area contributed by atoms with Crippen molar-refractivity contribution < 1.29 is 9.18 Å². The Morgan fingerprint density at radius 3 is 2.37 bits per heavy atom. The molecular formula is C15H23FN2O. The molecule has 0 aliphatic rings. The number of carbonyl (C=O) groups excluding carboxylic acids is 1. The fourth-order valence-electron chi connectivity index (χ4n) is 1.94. The van der Waals surface area contributed by atoms with Gasteiger partial charge in [-0.3, -0.25) is 4.79 Å². The standard InChI is InChI=1S/C15H23FN2O/c1-3-18(4-2)15(19)10-12-17-11-9-13-5-7-14(16)8-6-13/h5-8,17H,3-4,9-12H2,1-2H3. The second-order valence-electron chi connectivity index (χ2n) is 4.44. The third kappa shape index (κ3) is 5.83. The SMILES string of the molecule is CCN(CC)C(=O)CCNCCc1ccc(F)cc1. The maximum absolute atomic E-state index is 12.7. The van der Waals surface area contributed by atoms with E-state index < -0.39 is 0 Å². The lowest BCUT2D eigenvalue weighted by Gasteiger charge is -2.18. The predicted octanol–water partition coefficient (Wildman–Crippen LogP) is 2.22. The average Bonchev–Trinajstić information content (AvgIpc) is 2.42. The first-order valence-corrected chi connectivity index (χ1v) is 6.90. The molecule has 0 saturated heterocycles. The zero-order chi connectivity index (χ0) is 14.1. The molecule has 3 nitrogen and oxygen atoms in total. The van der Waals surface area contributed by atoms with E-state index in [1.54, 1.807) is 12.1 Å². The van der Waals surface area contributed by atoms with E-state index in [0.717, 1.165) is 31.6 Å². The quantitative estimate of drug-likeness (QED) is 0.732. The first kappa shape index (κ1) is 15.6.